The monoisotopic (exact) mass is 399 g/mol. The summed E-state index contributed by atoms with van der Waals surface area (Å²) in [5.41, 5.74) is 0. The number of unbranched alkanes of at least 4 members (excludes halogenated alkanes) is 13. The Morgan fingerprint density at radius 1 is 0.750 bits per heavy atom. The molecule has 0 atom stereocenters. The number of nitrogens with zero attached hydrogens (tertiary/aromatic N) is 2. The second kappa shape index (κ2) is 18.4. The van der Waals surface area contributed by atoms with Crippen LogP contribution in [0.4, 0.5) is 0 Å². The first kappa shape index (κ1) is 27.4. The summed E-state index contributed by atoms with van der Waals surface area (Å²) in [4.78, 5) is 14.1. The molecule has 0 aliphatic rings. The van der Waals surface area contributed by atoms with Gasteiger partial charge in [0.15, 0.2) is 6.54 Å². The molecule has 4 nitrogen and oxygen atoms in total. The van der Waals surface area contributed by atoms with Crippen LogP contribution in [-0.4, -0.2) is 69.8 Å². The zero-order valence-electron chi connectivity index (χ0n) is 19.9. The van der Waals surface area contributed by atoms with Crippen LogP contribution in [0.15, 0.2) is 0 Å². The fourth-order valence-corrected chi connectivity index (χ4v) is 3.43. The number of quaternary nitrogens is 1. The zero-order chi connectivity index (χ0) is 21.1. The second-order valence-electron chi connectivity index (χ2n) is 9.44. The third kappa shape index (κ3) is 20.1. The van der Waals surface area contributed by atoms with Gasteiger partial charge in [-0.25, -0.2) is 4.79 Å². The molecule has 4 heteroatoms. The molecule has 168 valence electrons. The number of rotatable bonds is 20. The molecule has 0 aromatic heterocycles. The molecule has 0 rings (SSSR count). The molecule has 0 aromatic carbocycles. The number of likely N-dealkylation sites (N-methyl/N-ethyl adjacent to an activating group) is 2. The van der Waals surface area contributed by atoms with Gasteiger partial charge in [0.25, 0.3) is 0 Å². The lowest BCUT2D eigenvalue weighted by Crippen LogP contribution is -2.48. The fraction of sp³-hybridized carbons (Fsp3) is 0.958. The summed E-state index contributed by atoms with van der Waals surface area (Å²) in [6.45, 7) is 5.28. The van der Waals surface area contributed by atoms with E-state index >= 15 is 0 Å². The van der Waals surface area contributed by atoms with E-state index in [0.717, 1.165) is 19.5 Å². The van der Waals surface area contributed by atoms with Gasteiger partial charge < -0.3 is 14.1 Å². The van der Waals surface area contributed by atoms with Gasteiger partial charge in [0.1, 0.15) is 0 Å². The van der Waals surface area contributed by atoms with Crippen LogP contribution in [0.1, 0.15) is 96.8 Å². The molecule has 0 N–H and O–H groups in total. The highest BCUT2D eigenvalue weighted by atomic mass is 16.5. The lowest BCUT2D eigenvalue weighted by atomic mass is 10.0. The Bertz CT molecular complexity index is 357. The van der Waals surface area contributed by atoms with Gasteiger partial charge in [0.2, 0.25) is 0 Å². The first-order valence-electron chi connectivity index (χ1n) is 12.0. The maximum absolute atomic E-state index is 12.0. The van der Waals surface area contributed by atoms with Crippen molar-refractivity contribution in [1.82, 2.24) is 4.90 Å². The first-order valence-corrected chi connectivity index (χ1v) is 12.0. The van der Waals surface area contributed by atoms with Crippen LogP contribution in [0.25, 0.3) is 0 Å². The van der Waals surface area contributed by atoms with E-state index in [0.29, 0.717) is 17.6 Å². The van der Waals surface area contributed by atoms with Crippen molar-refractivity contribution in [3.8, 4) is 0 Å². The van der Waals surface area contributed by atoms with E-state index in [1.165, 1.54) is 83.5 Å². The largest absolute Gasteiger partial charge is 0.462 e. The van der Waals surface area contributed by atoms with Crippen molar-refractivity contribution in [2.24, 2.45) is 0 Å². The molecule has 0 aliphatic heterocycles. The number of carbonyl (C=O) groups excluding carboxylic acids is 1. The fourth-order valence-electron chi connectivity index (χ4n) is 3.43. The topological polar surface area (TPSA) is 29.5 Å². The minimum atomic E-state index is -0.0570. The Balaban J connectivity index is 3.35. The number of hydrogen-bond acceptors (Lipinski definition) is 3. The van der Waals surface area contributed by atoms with E-state index in [2.05, 4.69) is 40.0 Å². The van der Waals surface area contributed by atoms with Gasteiger partial charge >= 0.3 is 5.97 Å². The Hall–Kier alpha value is -0.610. The average Bonchev–Trinajstić information content (AvgIpc) is 2.63. The highest BCUT2D eigenvalue weighted by molar-refractivity contribution is 5.70. The van der Waals surface area contributed by atoms with E-state index in [-0.39, 0.29) is 5.97 Å². The lowest BCUT2D eigenvalue weighted by molar-refractivity contribution is -0.882. The van der Waals surface area contributed by atoms with E-state index in [9.17, 15) is 4.79 Å². The molecule has 0 unspecified atom stereocenters. The SMILES string of the molecule is CCCCCCCCCCCCCCCCOC(=O)C[N+](C)(C)CCN(C)C. The Morgan fingerprint density at radius 3 is 1.61 bits per heavy atom. The molecule has 0 bridgehead atoms. The van der Waals surface area contributed by atoms with Crippen molar-refractivity contribution < 1.29 is 14.0 Å². The smallest absolute Gasteiger partial charge is 0.361 e. The highest BCUT2D eigenvalue weighted by Crippen LogP contribution is 2.13. The van der Waals surface area contributed by atoms with Gasteiger partial charge in [-0.2, -0.15) is 0 Å². The standard InChI is InChI=1S/C24H51N2O2/c1-6-7-8-9-10-11-12-13-14-15-16-17-18-19-22-28-24(27)23-26(4,5)21-20-25(2)3/h6-23H2,1-5H3/q+1. The van der Waals surface area contributed by atoms with Crippen LogP contribution in [0.2, 0.25) is 0 Å². The Kier molecular flexibility index (Phi) is 18.0. The third-order valence-electron chi connectivity index (χ3n) is 5.47. The maximum atomic E-state index is 12.0. The zero-order valence-corrected chi connectivity index (χ0v) is 19.9. The molecule has 0 radical (unpaired) electrons. The minimum Gasteiger partial charge on any atom is -0.462 e. The van der Waals surface area contributed by atoms with Crippen LogP contribution in [0.5, 0.6) is 0 Å². The summed E-state index contributed by atoms with van der Waals surface area (Å²) in [6, 6.07) is 0. The van der Waals surface area contributed by atoms with Gasteiger partial charge in [-0.15, -0.1) is 0 Å². The van der Waals surface area contributed by atoms with Crippen molar-refractivity contribution in [3.63, 3.8) is 0 Å². The van der Waals surface area contributed by atoms with Crippen LogP contribution < -0.4 is 0 Å². The van der Waals surface area contributed by atoms with Gasteiger partial charge in [0.05, 0.1) is 27.2 Å². The van der Waals surface area contributed by atoms with E-state index in [1.54, 1.807) is 0 Å². The predicted molar refractivity (Wildman–Crippen MR) is 122 cm³/mol. The van der Waals surface area contributed by atoms with Crippen molar-refractivity contribution in [1.29, 1.82) is 0 Å². The summed E-state index contributed by atoms with van der Waals surface area (Å²) in [7, 11) is 8.32. The van der Waals surface area contributed by atoms with Crippen LogP contribution in [-0.2, 0) is 9.53 Å². The Morgan fingerprint density at radius 2 is 1.18 bits per heavy atom. The quantitative estimate of drug-likeness (QED) is 0.150. The predicted octanol–water partition coefficient (Wildman–Crippen LogP) is 5.65. The number of carbonyl (C=O) groups is 1. The molecule has 0 aliphatic carbocycles. The van der Waals surface area contributed by atoms with Crippen LogP contribution in [0.3, 0.4) is 0 Å². The molecule has 0 heterocycles. The van der Waals surface area contributed by atoms with Crippen LogP contribution in [0, 0.1) is 0 Å². The highest BCUT2D eigenvalue weighted by Gasteiger charge is 2.20. The minimum absolute atomic E-state index is 0.0570. The lowest BCUT2D eigenvalue weighted by Gasteiger charge is -2.29. The summed E-state index contributed by atoms with van der Waals surface area (Å²) in [5.74, 6) is -0.0570. The molecule has 0 spiro atoms. The summed E-state index contributed by atoms with van der Waals surface area (Å²) in [5, 5.41) is 0. The van der Waals surface area contributed by atoms with Crippen molar-refractivity contribution in [2.75, 3.05) is 54.4 Å². The van der Waals surface area contributed by atoms with Crippen molar-refractivity contribution >= 4 is 5.97 Å². The Labute approximate surface area is 176 Å². The molecular formula is C24H51N2O2+. The van der Waals surface area contributed by atoms with Gasteiger partial charge in [0, 0.05) is 6.54 Å². The molecule has 0 fully saturated rings. The summed E-state index contributed by atoms with van der Waals surface area (Å²) >= 11 is 0. The van der Waals surface area contributed by atoms with Gasteiger partial charge in [-0.05, 0) is 20.5 Å². The molecule has 0 saturated carbocycles. The van der Waals surface area contributed by atoms with Crippen molar-refractivity contribution in [3.05, 3.63) is 0 Å². The molecule has 28 heavy (non-hydrogen) atoms. The summed E-state index contributed by atoms with van der Waals surface area (Å²) < 4.78 is 6.11. The average molecular weight is 400 g/mol. The maximum Gasteiger partial charge on any atom is 0.361 e. The number of esters is 1. The first-order chi connectivity index (χ1) is 13.4. The normalized spacial score (nSPS) is 11.9. The third-order valence-corrected chi connectivity index (χ3v) is 5.47. The van der Waals surface area contributed by atoms with Gasteiger partial charge in [-0.1, -0.05) is 90.4 Å². The van der Waals surface area contributed by atoms with Crippen molar-refractivity contribution in [2.45, 2.75) is 96.8 Å². The van der Waals surface area contributed by atoms with E-state index in [1.807, 2.05) is 0 Å². The van der Waals surface area contributed by atoms with Gasteiger partial charge in [-0.3, -0.25) is 0 Å². The molecule has 0 aromatic rings. The van der Waals surface area contributed by atoms with E-state index < -0.39 is 0 Å². The molecular weight excluding hydrogens is 348 g/mol. The number of hydrogen-bond donors (Lipinski definition) is 0. The number of ether oxygens (including phenoxy) is 1. The summed E-state index contributed by atoms with van der Waals surface area (Å²) in [6.07, 6.45) is 18.9. The van der Waals surface area contributed by atoms with E-state index in [4.69, 9.17) is 4.74 Å². The van der Waals surface area contributed by atoms with Crippen LogP contribution >= 0.6 is 0 Å². The molecule has 0 amide bonds. The molecule has 0 saturated heterocycles. The second-order valence-corrected chi connectivity index (χ2v) is 9.44.